The van der Waals surface area contributed by atoms with Crippen LogP contribution in [-0.4, -0.2) is 46.0 Å². The second kappa shape index (κ2) is 10.3. The first-order chi connectivity index (χ1) is 18.2. The summed E-state index contributed by atoms with van der Waals surface area (Å²) in [4.78, 5) is 28.5. The molecule has 2 heterocycles. The minimum absolute atomic E-state index is 0.0943. The second-order valence-corrected chi connectivity index (χ2v) is 14.1. The standard InChI is InChI=1S/C29H30ClN5O2Si/c1-5-31-27(36)17-25-29-34-33-18(2)35(29)26-14-11-21(20-7-6-8-23(15-20)38(3,4)37)16-24(26)28(32-25)19-9-12-22(30)13-10-19/h6-16,25,37H,5,17H2,1-4H3,(H,31,36). The lowest BCUT2D eigenvalue weighted by atomic mass is 9.95. The average molecular weight is 544 g/mol. The smallest absolute Gasteiger partial charge is 0.222 e. The molecule has 0 fully saturated rings. The normalized spacial score (nSPS) is 14.8. The molecule has 0 saturated carbocycles. The molecule has 9 heteroatoms. The number of carbonyl (C=O) groups is 1. The van der Waals surface area contributed by atoms with Crippen molar-refractivity contribution in [2.75, 3.05) is 6.54 Å². The molecule has 4 aromatic rings. The van der Waals surface area contributed by atoms with E-state index in [1.807, 2.05) is 67.9 Å². The monoisotopic (exact) mass is 543 g/mol. The molecule has 2 N–H and O–H groups in total. The number of halogens is 1. The van der Waals surface area contributed by atoms with Crippen molar-refractivity contribution in [1.29, 1.82) is 0 Å². The Morgan fingerprint density at radius 3 is 2.45 bits per heavy atom. The molecule has 38 heavy (non-hydrogen) atoms. The van der Waals surface area contributed by atoms with Gasteiger partial charge in [0.2, 0.25) is 14.2 Å². The second-order valence-electron chi connectivity index (χ2n) is 9.97. The van der Waals surface area contributed by atoms with Gasteiger partial charge in [0.15, 0.2) is 5.82 Å². The van der Waals surface area contributed by atoms with E-state index in [1.165, 1.54) is 0 Å². The van der Waals surface area contributed by atoms with Crippen LogP contribution in [0.15, 0.2) is 71.7 Å². The average Bonchev–Trinajstić information content (AvgIpc) is 3.21. The summed E-state index contributed by atoms with van der Waals surface area (Å²) < 4.78 is 2.00. The first kappa shape index (κ1) is 26.0. The zero-order valence-electron chi connectivity index (χ0n) is 21.9. The molecule has 1 amide bonds. The number of amides is 1. The van der Waals surface area contributed by atoms with Crippen LogP contribution in [0.1, 0.15) is 42.2 Å². The highest BCUT2D eigenvalue weighted by atomic mass is 35.5. The van der Waals surface area contributed by atoms with Gasteiger partial charge in [-0.05, 0) is 67.5 Å². The molecule has 7 nitrogen and oxygen atoms in total. The molecule has 194 valence electrons. The SMILES string of the molecule is CCNC(=O)CC1N=C(c2ccc(Cl)cc2)c2cc(-c3cccc([Si](C)(C)O)c3)ccc2-n2c(C)nnc21. The van der Waals surface area contributed by atoms with E-state index in [0.717, 1.165) is 44.7 Å². The Morgan fingerprint density at radius 1 is 1.03 bits per heavy atom. The van der Waals surface area contributed by atoms with Crippen molar-refractivity contribution in [3.8, 4) is 16.8 Å². The zero-order chi connectivity index (χ0) is 27.0. The lowest BCUT2D eigenvalue weighted by Crippen LogP contribution is -2.41. The summed E-state index contributed by atoms with van der Waals surface area (Å²) in [6.07, 6.45) is 0.155. The number of aliphatic imine (C=N–C) groups is 1. The summed E-state index contributed by atoms with van der Waals surface area (Å²) >= 11 is 6.22. The van der Waals surface area contributed by atoms with Gasteiger partial charge in [0.05, 0.1) is 17.8 Å². The van der Waals surface area contributed by atoms with Crippen LogP contribution in [0, 0.1) is 6.92 Å². The molecule has 0 bridgehead atoms. The van der Waals surface area contributed by atoms with Crippen LogP contribution in [0.5, 0.6) is 0 Å². The van der Waals surface area contributed by atoms with Crippen LogP contribution >= 0.6 is 11.6 Å². The molecular formula is C29H30ClN5O2Si. The van der Waals surface area contributed by atoms with Crippen LogP contribution in [-0.2, 0) is 4.79 Å². The van der Waals surface area contributed by atoms with Crippen molar-refractivity contribution >= 4 is 36.7 Å². The number of aryl methyl sites for hydroxylation is 1. The number of carbonyl (C=O) groups excluding carboxylic acids is 1. The van der Waals surface area contributed by atoms with Gasteiger partial charge in [-0.3, -0.25) is 14.4 Å². The molecule has 3 aromatic carbocycles. The molecule has 0 spiro atoms. The van der Waals surface area contributed by atoms with Gasteiger partial charge < -0.3 is 10.1 Å². The van der Waals surface area contributed by atoms with Crippen LogP contribution in [0.4, 0.5) is 0 Å². The fourth-order valence-corrected chi connectivity index (χ4v) is 5.91. The first-order valence-corrected chi connectivity index (χ1v) is 16.0. The Kier molecular flexibility index (Phi) is 7.05. The number of rotatable bonds is 6. The van der Waals surface area contributed by atoms with Gasteiger partial charge in [-0.1, -0.05) is 54.1 Å². The Balaban J connectivity index is 1.73. The van der Waals surface area contributed by atoms with E-state index in [0.29, 0.717) is 17.4 Å². The summed E-state index contributed by atoms with van der Waals surface area (Å²) in [5, 5.41) is 13.3. The van der Waals surface area contributed by atoms with Gasteiger partial charge in [0, 0.05) is 22.7 Å². The molecular weight excluding hydrogens is 514 g/mol. The Morgan fingerprint density at radius 2 is 1.74 bits per heavy atom. The number of fused-ring (bicyclic) bond motifs is 3. The van der Waals surface area contributed by atoms with Gasteiger partial charge >= 0.3 is 0 Å². The Labute approximate surface area is 228 Å². The fraction of sp³-hybridized carbons (Fsp3) is 0.241. The summed E-state index contributed by atoms with van der Waals surface area (Å²) in [5.74, 6) is 1.25. The van der Waals surface area contributed by atoms with Crippen LogP contribution in [0.25, 0.3) is 16.8 Å². The van der Waals surface area contributed by atoms with Gasteiger partial charge in [0.1, 0.15) is 11.9 Å². The van der Waals surface area contributed by atoms with E-state index in [9.17, 15) is 9.59 Å². The fourth-order valence-electron chi connectivity index (χ4n) is 4.77. The van der Waals surface area contributed by atoms with E-state index < -0.39 is 14.4 Å². The quantitative estimate of drug-likeness (QED) is 0.344. The lowest BCUT2D eigenvalue weighted by Gasteiger charge is -2.17. The molecule has 1 aromatic heterocycles. The maximum absolute atomic E-state index is 12.7. The molecule has 1 aliphatic rings. The molecule has 5 rings (SSSR count). The number of aromatic nitrogens is 3. The number of hydrogen-bond donors (Lipinski definition) is 2. The maximum atomic E-state index is 12.7. The van der Waals surface area contributed by atoms with E-state index in [2.05, 4.69) is 45.8 Å². The maximum Gasteiger partial charge on any atom is 0.222 e. The molecule has 1 atom stereocenters. The van der Waals surface area contributed by atoms with Crippen molar-refractivity contribution < 1.29 is 9.59 Å². The summed E-state index contributed by atoms with van der Waals surface area (Å²) in [7, 11) is -2.48. The van der Waals surface area contributed by atoms with E-state index in [-0.39, 0.29) is 12.3 Å². The van der Waals surface area contributed by atoms with Crippen LogP contribution in [0.3, 0.4) is 0 Å². The Hall–Kier alpha value is -3.59. The van der Waals surface area contributed by atoms with E-state index >= 15 is 0 Å². The van der Waals surface area contributed by atoms with Crippen LogP contribution < -0.4 is 10.5 Å². The molecule has 0 radical (unpaired) electrons. The summed E-state index contributed by atoms with van der Waals surface area (Å²) in [6.45, 7) is 8.18. The number of nitrogens with zero attached hydrogens (tertiary/aromatic N) is 4. The molecule has 0 aliphatic carbocycles. The molecule has 1 aliphatic heterocycles. The van der Waals surface area contributed by atoms with Crippen molar-refractivity contribution in [3.05, 3.63) is 94.5 Å². The van der Waals surface area contributed by atoms with Gasteiger partial charge in [-0.15, -0.1) is 10.2 Å². The van der Waals surface area contributed by atoms with Crippen molar-refractivity contribution in [2.45, 2.75) is 39.4 Å². The number of benzene rings is 3. The van der Waals surface area contributed by atoms with Gasteiger partial charge in [-0.25, -0.2) is 0 Å². The van der Waals surface area contributed by atoms with Gasteiger partial charge in [0.25, 0.3) is 0 Å². The number of hydrogen-bond acceptors (Lipinski definition) is 5. The van der Waals surface area contributed by atoms with E-state index in [1.54, 1.807) is 0 Å². The third-order valence-corrected chi connectivity index (χ3v) is 8.67. The predicted molar refractivity (Wildman–Crippen MR) is 154 cm³/mol. The summed E-state index contributed by atoms with van der Waals surface area (Å²) in [6, 6.07) is 21.4. The summed E-state index contributed by atoms with van der Waals surface area (Å²) in [5.41, 5.74) is 5.46. The van der Waals surface area contributed by atoms with Crippen molar-refractivity contribution in [3.63, 3.8) is 0 Å². The topological polar surface area (TPSA) is 92.4 Å². The molecule has 0 saturated heterocycles. The highest BCUT2D eigenvalue weighted by Gasteiger charge is 2.30. The minimum atomic E-state index is -2.48. The molecule has 1 unspecified atom stereocenters. The number of nitrogens with one attached hydrogen (secondary N) is 1. The zero-order valence-corrected chi connectivity index (χ0v) is 23.6. The van der Waals surface area contributed by atoms with Crippen molar-refractivity contribution in [2.24, 2.45) is 4.99 Å². The van der Waals surface area contributed by atoms with Crippen molar-refractivity contribution in [1.82, 2.24) is 20.1 Å². The highest BCUT2D eigenvalue weighted by molar-refractivity contribution is 6.83. The predicted octanol–water partition coefficient (Wildman–Crippen LogP) is 4.72. The third-order valence-electron chi connectivity index (χ3n) is 6.70. The lowest BCUT2D eigenvalue weighted by molar-refractivity contribution is -0.121. The minimum Gasteiger partial charge on any atom is -0.428 e. The Bertz CT molecular complexity index is 1540. The first-order valence-electron chi connectivity index (χ1n) is 12.7. The third kappa shape index (κ3) is 5.07. The van der Waals surface area contributed by atoms with Crippen LogP contribution in [0.2, 0.25) is 18.1 Å². The van der Waals surface area contributed by atoms with E-state index in [4.69, 9.17) is 16.6 Å². The largest absolute Gasteiger partial charge is 0.428 e. The highest BCUT2D eigenvalue weighted by Crippen LogP contribution is 2.35. The van der Waals surface area contributed by atoms with Gasteiger partial charge in [-0.2, -0.15) is 0 Å².